The zero-order valence-electron chi connectivity index (χ0n) is 17.8. The van der Waals surface area contributed by atoms with Gasteiger partial charge in [-0.1, -0.05) is 43.3 Å². The zero-order chi connectivity index (χ0) is 21.9. The fourth-order valence-electron chi connectivity index (χ4n) is 4.38. The molecule has 2 saturated heterocycles. The van der Waals surface area contributed by atoms with Crippen molar-refractivity contribution in [1.82, 2.24) is 4.90 Å². The topological polar surface area (TPSA) is 24.9 Å². The predicted molar refractivity (Wildman–Crippen MR) is 114 cm³/mol. The lowest BCUT2D eigenvalue weighted by Crippen LogP contribution is -2.47. The van der Waals surface area contributed by atoms with E-state index in [9.17, 15) is 13.2 Å². The third-order valence-electron chi connectivity index (χ3n) is 6.22. The molecule has 2 aliphatic heterocycles. The highest BCUT2D eigenvalue weighted by Crippen LogP contribution is 2.38. The van der Waals surface area contributed by atoms with Crippen molar-refractivity contribution in [2.75, 3.05) is 44.2 Å². The van der Waals surface area contributed by atoms with E-state index >= 15 is 0 Å². The minimum atomic E-state index is -4.31. The van der Waals surface area contributed by atoms with E-state index in [1.807, 2.05) is 35.2 Å². The summed E-state index contributed by atoms with van der Waals surface area (Å²) in [6.45, 7) is 6.61. The van der Waals surface area contributed by atoms with Crippen molar-refractivity contribution in [3.63, 3.8) is 0 Å². The number of nitrogens with zero attached hydrogens (tertiary/aromatic N) is 2. The van der Waals surface area contributed by atoms with E-state index in [0.29, 0.717) is 25.4 Å². The molecule has 0 aliphatic carbocycles. The molecule has 0 N–H and O–H groups in total. The largest absolute Gasteiger partial charge is 0.416 e. The van der Waals surface area contributed by atoms with Crippen molar-refractivity contribution in [3.05, 3.63) is 65.7 Å². The van der Waals surface area contributed by atoms with Crippen LogP contribution in [0, 0.1) is 0 Å². The number of piperazine rings is 1. The highest BCUT2D eigenvalue weighted by molar-refractivity contribution is 5.49. The third kappa shape index (κ3) is 5.05. The minimum absolute atomic E-state index is 0.0432. The summed E-state index contributed by atoms with van der Waals surface area (Å²) in [5.41, 5.74) is 1.09. The van der Waals surface area contributed by atoms with Crippen molar-refractivity contribution in [1.29, 1.82) is 0 Å². The van der Waals surface area contributed by atoms with Crippen molar-refractivity contribution in [2.45, 2.75) is 37.8 Å². The van der Waals surface area contributed by atoms with Gasteiger partial charge in [0.15, 0.2) is 5.79 Å². The second-order valence-corrected chi connectivity index (χ2v) is 8.19. The van der Waals surface area contributed by atoms with Crippen LogP contribution in [0.3, 0.4) is 0 Å². The van der Waals surface area contributed by atoms with Crippen LogP contribution in [0.2, 0.25) is 0 Å². The molecule has 0 saturated carbocycles. The van der Waals surface area contributed by atoms with Crippen LogP contribution >= 0.6 is 0 Å². The van der Waals surface area contributed by atoms with Crippen LogP contribution in [-0.2, 0) is 21.4 Å². The number of ether oxygens (including phenoxy) is 2. The first-order chi connectivity index (χ1) is 14.9. The van der Waals surface area contributed by atoms with Gasteiger partial charge in [-0.2, -0.15) is 13.2 Å². The molecule has 2 aromatic rings. The number of anilines is 1. The molecule has 0 bridgehead atoms. The molecule has 2 unspecified atom stereocenters. The Kier molecular flexibility index (Phi) is 6.55. The van der Waals surface area contributed by atoms with Crippen LogP contribution in [0.25, 0.3) is 0 Å². The fraction of sp³-hybridized carbons (Fsp3) is 0.500. The van der Waals surface area contributed by atoms with Gasteiger partial charge in [0.1, 0.15) is 0 Å². The summed E-state index contributed by atoms with van der Waals surface area (Å²) in [6.07, 6.45) is -2.64. The number of rotatable bonds is 6. The summed E-state index contributed by atoms with van der Waals surface area (Å²) in [5, 5.41) is 0. The molecule has 7 heteroatoms. The predicted octanol–water partition coefficient (Wildman–Crippen LogP) is 4.90. The van der Waals surface area contributed by atoms with E-state index in [0.717, 1.165) is 44.1 Å². The lowest BCUT2D eigenvalue weighted by Gasteiger charge is -2.36. The number of alkyl halides is 3. The standard InChI is InChI=1S/C24H29F3N2O2/c1-2-23(19-7-4-3-5-8-19)30-18-22(31-23)11-12-28-13-15-29(16-14-28)21-10-6-9-20(17-21)24(25,26)27/h3-10,17,22H,2,11-16,18H2,1H3. The molecule has 2 aromatic carbocycles. The third-order valence-corrected chi connectivity index (χ3v) is 6.22. The van der Waals surface area contributed by atoms with E-state index in [4.69, 9.17) is 9.47 Å². The molecule has 2 atom stereocenters. The second kappa shape index (κ2) is 9.18. The molecule has 2 aliphatic rings. The highest BCUT2D eigenvalue weighted by atomic mass is 19.4. The summed E-state index contributed by atoms with van der Waals surface area (Å²) in [5.74, 6) is -0.659. The van der Waals surface area contributed by atoms with Gasteiger partial charge in [0, 0.05) is 50.4 Å². The smallest absolute Gasteiger partial charge is 0.369 e. The van der Waals surface area contributed by atoms with Gasteiger partial charge in [-0.05, 0) is 24.6 Å². The average Bonchev–Trinajstić information content (AvgIpc) is 3.23. The monoisotopic (exact) mass is 434 g/mol. The summed E-state index contributed by atoms with van der Waals surface area (Å²) in [7, 11) is 0. The van der Waals surface area contributed by atoms with Crippen LogP contribution in [0.4, 0.5) is 18.9 Å². The minimum Gasteiger partial charge on any atom is -0.369 e. The number of hydrogen-bond acceptors (Lipinski definition) is 4. The lowest BCUT2D eigenvalue weighted by atomic mass is 10.0. The number of benzene rings is 2. The van der Waals surface area contributed by atoms with Crippen LogP contribution < -0.4 is 4.90 Å². The fourth-order valence-corrected chi connectivity index (χ4v) is 4.38. The van der Waals surface area contributed by atoms with E-state index in [-0.39, 0.29) is 6.10 Å². The normalized spacial score (nSPS) is 25.2. The Morgan fingerprint density at radius 3 is 2.42 bits per heavy atom. The van der Waals surface area contributed by atoms with Gasteiger partial charge in [0.2, 0.25) is 0 Å². The average molecular weight is 435 g/mol. The molecule has 4 rings (SSSR count). The van der Waals surface area contributed by atoms with E-state index in [1.54, 1.807) is 6.07 Å². The van der Waals surface area contributed by atoms with Crippen molar-refractivity contribution in [2.24, 2.45) is 0 Å². The van der Waals surface area contributed by atoms with Crippen molar-refractivity contribution < 1.29 is 22.6 Å². The second-order valence-electron chi connectivity index (χ2n) is 8.19. The number of halogens is 3. The Balaban J connectivity index is 1.27. The van der Waals surface area contributed by atoms with Gasteiger partial charge in [0.05, 0.1) is 18.3 Å². The maximum Gasteiger partial charge on any atom is 0.416 e. The molecular weight excluding hydrogens is 405 g/mol. The van der Waals surface area contributed by atoms with Crippen LogP contribution in [0.5, 0.6) is 0 Å². The molecule has 168 valence electrons. The summed E-state index contributed by atoms with van der Waals surface area (Å²) < 4.78 is 51.4. The first-order valence-corrected chi connectivity index (χ1v) is 10.9. The maximum atomic E-state index is 13.0. The van der Waals surface area contributed by atoms with Gasteiger partial charge < -0.3 is 14.4 Å². The van der Waals surface area contributed by atoms with Gasteiger partial charge in [-0.3, -0.25) is 4.90 Å². The SMILES string of the molecule is CCC1(c2ccccc2)OCC(CCN2CCN(c3cccc(C(F)(F)F)c3)CC2)O1. The molecule has 4 nitrogen and oxygen atoms in total. The number of hydrogen-bond donors (Lipinski definition) is 0. The lowest BCUT2D eigenvalue weighted by molar-refractivity contribution is -0.179. The molecule has 0 radical (unpaired) electrons. The van der Waals surface area contributed by atoms with Gasteiger partial charge >= 0.3 is 6.18 Å². The first-order valence-electron chi connectivity index (χ1n) is 10.9. The first kappa shape index (κ1) is 22.1. The molecule has 0 aromatic heterocycles. The van der Waals surface area contributed by atoms with Crippen LogP contribution in [0.1, 0.15) is 30.9 Å². The molecule has 2 heterocycles. The molecule has 0 spiro atoms. The highest BCUT2D eigenvalue weighted by Gasteiger charge is 2.41. The molecule has 0 amide bonds. The summed E-state index contributed by atoms with van der Waals surface area (Å²) in [4.78, 5) is 4.38. The Bertz CT molecular complexity index is 853. The van der Waals surface area contributed by atoms with Gasteiger partial charge in [0.25, 0.3) is 0 Å². The molecule has 31 heavy (non-hydrogen) atoms. The molecule has 2 fully saturated rings. The van der Waals surface area contributed by atoms with Crippen molar-refractivity contribution >= 4 is 5.69 Å². The zero-order valence-corrected chi connectivity index (χ0v) is 17.8. The Morgan fingerprint density at radius 1 is 1.00 bits per heavy atom. The van der Waals surface area contributed by atoms with Gasteiger partial charge in [-0.15, -0.1) is 0 Å². The van der Waals surface area contributed by atoms with Gasteiger partial charge in [-0.25, -0.2) is 0 Å². The van der Waals surface area contributed by atoms with E-state index in [1.165, 1.54) is 12.1 Å². The molecular formula is C24H29F3N2O2. The summed E-state index contributed by atoms with van der Waals surface area (Å²) in [6, 6.07) is 15.7. The Hall–Kier alpha value is -2.09. The Morgan fingerprint density at radius 2 is 1.74 bits per heavy atom. The van der Waals surface area contributed by atoms with Crippen molar-refractivity contribution in [3.8, 4) is 0 Å². The van der Waals surface area contributed by atoms with E-state index < -0.39 is 17.5 Å². The van der Waals surface area contributed by atoms with Crippen LogP contribution in [0.15, 0.2) is 54.6 Å². The van der Waals surface area contributed by atoms with E-state index in [2.05, 4.69) is 11.8 Å². The maximum absolute atomic E-state index is 13.0. The summed E-state index contributed by atoms with van der Waals surface area (Å²) >= 11 is 0. The quantitative estimate of drug-likeness (QED) is 0.646. The Labute approximate surface area is 181 Å². The van der Waals surface area contributed by atoms with Crippen LogP contribution in [-0.4, -0.2) is 50.3 Å².